The topological polar surface area (TPSA) is 90.2 Å². The van der Waals surface area contributed by atoms with E-state index >= 15 is 0 Å². The molecule has 0 fully saturated rings. The van der Waals surface area contributed by atoms with E-state index in [9.17, 15) is 10.1 Å². The van der Waals surface area contributed by atoms with Gasteiger partial charge in [0, 0.05) is 7.05 Å². The lowest BCUT2D eigenvalue weighted by molar-refractivity contribution is -0.386. The van der Waals surface area contributed by atoms with Crippen LogP contribution in [-0.4, -0.2) is 21.9 Å². The second-order valence-corrected chi connectivity index (χ2v) is 4.19. The highest BCUT2D eigenvalue weighted by Gasteiger charge is 2.20. The van der Waals surface area contributed by atoms with Gasteiger partial charge in [-0.3, -0.25) is 10.1 Å². The molecule has 0 aliphatic carbocycles. The molecule has 0 bridgehead atoms. The maximum atomic E-state index is 11.0. The Morgan fingerprint density at radius 3 is 2.75 bits per heavy atom. The first kappa shape index (κ1) is 13.7. The molecule has 20 heavy (non-hydrogen) atoms. The third kappa shape index (κ3) is 2.66. The molecule has 1 N–H and O–H groups in total. The summed E-state index contributed by atoms with van der Waals surface area (Å²) in [5, 5.41) is 13.7. The Morgan fingerprint density at radius 1 is 1.35 bits per heavy atom. The van der Waals surface area contributed by atoms with Crippen molar-refractivity contribution in [3.63, 3.8) is 0 Å². The summed E-state index contributed by atoms with van der Waals surface area (Å²) in [6.45, 7) is 3.83. The smallest absolute Gasteiger partial charge is 0.349 e. The Balaban J connectivity index is 2.46. The van der Waals surface area contributed by atoms with E-state index in [-0.39, 0.29) is 17.5 Å². The average molecular weight is 274 g/mol. The molecule has 0 atom stereocenters. The van der Waals surface area contributed by atoms with Crippen LogP contribution in [0.15, 0.2) is 24.4 Å². The summed E-state index contributed by atoms with van der Waals surface area (Å²) in [6, 6.07) is 5.51. The molecular weight excluding hydrogens is 260 g/mol. The maximum absolute atomic E-state index is 11.0. The Bertz CT molecular complexity index is 658. The summed E-state index contributed by atoms with van der Waals surface area (Å²) < 4.78 is 5.59. The Morgan fingerprint density at radius 2 is 2.10 bits per heavy atom. The van der Waals surface area contributed by atoms with E-state index < -0.39 is 4.92 Å². The molecule has 0 unspecified atom stereocenters. The van der Waals surface area contributed by atoms with Gasteiger partial charge in [-0.1, -0.05) is 12.1 Å². The number of hydrogen-bond acceptors (Lipinski definition) is 6. The molecular formula is C13H14N4O3. The van der Waals surface area contributed by atoms with Crippen molar-refractivity contribution in [2.45, 2.75) is 13.8 Å². The number of nitro groups is 1. The monoisotopic (exact) mass is 274 g/mol. The summed E-state index contributed by atoms with van der Waals surface area (Å²) in [5.74, 6) is 0.716. The Hall–Kier alpha value is -2.70. The van der Waals surface area contributed by atoms with E-state index in [1.165, 1.54) is 0 Å². The molecule has 104 valence electrons. The number of hydrogen-bond donors (Lipinski definition) is 1. The van der Waals surface area contributed by atoms with Crippen molar-refractivity contribution in [1.29, 1.82) is 0 Å². The number of aryl methyl sites for hydroxylation is 1. The van der Waals surface area contributed by atoms with Crippen molar-refractivity contribution < 1.29 is 9.66 Å². The lowest BCUT2D eigenvalue weighted by Crippen LogP contribution is -2.02. The van der Waals surface area contributed by atoms with Crippen LogP contribution in [-0.2, 0) is 0 Å². The molecule has 0 amide bonds. The van der Waals surface area contributed by atoms with Gasteiger partial charge < -0.3 is 10.1 Å². The number of rotatable bonds is 4. The molecule has 1 aromatic heterocycles. The van der Waals surface area contributed by atoms with Gasteiger partial charge >= 0.3 is 11.6 Å². The summed E-state index contributed by atoms with van der Waals surface area (Å²) in [5.41, 5.74) is 1.67. The number of nitrogens with one attached hydrogen (secondary N) is 1. The quantitative estimate of drug-likeness (QED) is 0.681. The molecule has 0 saturated heterocycles. The second kappa shape index (κ2) is 5.52. The molecule has 0 aliphatic rings. The number of nitrogens with zero attached hydrogens (tertiary/aromatic N) is 3. The minimum atomic E-state index is -0.570. The highest BCUT2D eigenvalue weighted by Crippen LogP contribution is 2.31. The van der Waals surface area contributed by atoms with E-state index in [4.69, 9.17) is 4.74 Å². The molecule has 7 heteroatoms. The van der Waals surface area contributed by atoms with Crippen LogP contribution in [0.25, 0.3) is 0 Å². The minimum Gasteiger partial charge on any atom is -0.433 e. The van der Waals surface area contributed by atoms with Crippen molar-refractivity contribution in [3.05, 3.63) is 45.6 Å². The Labute approximate surface area is 115 Å². The van der Waals surface area contributed by atoms with Gasteiger partial charge in [0.05, 0.1) is 4.92 Å². The van der Waals surface area contributed by atoms with Crippen molar-refractivity contribution in [2.24, 2.45) is 0 Å². The van der Waals surface area contributed by atoms with Crippen LogP contribution < -0.4 is 10.1 Å². The van der Waals surface area contributed by atoms with Crippen LogP contribution in [0.2, 0.25) is 0 Å². The van der Waals surface area contributed by atoms with Crippen molar-refractivity contribution in [2.75, 3.05) is 12.4 Å². The number of ether oxygens (including phenoxy) is 1. The summed E-state index contributed by atoms with van der Waals surface area (Å²) >= 11 is 0. The van der Waals surface area contributed by atoms with Gasteiger partial charge in [0.2, 0.25) is 5.95 Å². The van der Waals surface area contributed by atoms with Crippen LogP contribution in [0.1, 0.15) is 11.1 Å². The lowest BCUT2D eigenvalue weighted by atomic mass is 10.1. The molecule has 2 aromatic rings. The van der Waals surface area contributed by atoms with Crippen LogP contribution >= 0.6 is 0 Å². The molecule has 0 aliphatic heterocycles. The maximum Gasteiger partial charge on any atom is 0.349 e. The summed E-state index contributed by atoms with van der Waals surface area (Å²) in [4.78, 5) is 18.2. The highest BCUT2D eigenvalue weighted by atomic mass is 16.6. The first-order chi connectivity index (χ1) is 9.52. The largest absolute Gasteiger partial charge is 0.433 e. The number of anilines is 1. The fraction of sp³-hybridized carbons (Fsp3) is 0.231. The number of aromatic nitrogens is 2. The predicted octanol–water partition coefficient (Wildman–Crippen LogP) is 2.84. The van der Waals surface area contributed by atoms with E-state index in [1.54, 1.807) is 13.1 Å². The summed E-state index contributed by atoms with van der Waals surface area (Å²) in [7, 11) is 1.63. The zero-order valence-electron chi connectivity index (χ0n) is 11.4. The normalized spacial score (nSPS) is 10.2. The van der Waals surface area contributed by atoms with E-state index in [0.29, 0.717) is 5.75 Å². The predicted molar refractivity (Wildman–Crippen MR) is 74.2 cm³/mol. The van der Waals surface area contributed by atoms with Crippen LogP contribution in [0.3, 0.4) is 0 Å². The van der Waals surface area contributed by atoms with E-state index in [2.05, 4.69) is 15.3 Å². The molecule has 1 aromatic carbocycles. The molecule has 0 saturated carbocycles. The third-order valence-corrected chi connectivity index (χ3v) is 2.92. The Kier molecular flexibility index (Phi) is 3.79. The van der Waals surface area contributed by atoms with Crippen LogP contribution in [0.4, 0.5) is 11.6 Å². The fourth-order valence-corrected chi connectivity index (χ4v) is 1.62. The van der Waals surface area contributed by atoms with Gasteiger partial charge in [0.25, 0.3) is 0 Å². The van der Waals surface area contributed by atoms with Crippen molar-refractivity contribution in [1.82, 2.24) is 9.97 Å². The van der Waals surface area contributed by atoms with Gasteiger partial charge in [0.15, 0.2) is 0 Å². The zero-order chi connectivity index (χ0) is 14.7. The number of benzene rings is 1. The SMILES string of the molecule is CNc1ncc([N+](=O)[O-])c(Oc2cccc(C)c2C)n1. The fourth-order valence-electron chi connectivity index (χ4n) is 1.62. The average Bonchev–Trinajstić information content (AvgIpc) is 2.43. The zero-order valence-corrected chi connectivity index (χ0v) is 11.4. The second-order valence-electron chi connectivity index (χ2n) is 4.19. The first-order valence-electron chi connectivity index (χ1n) is 5.96. The molecule has 0 radical (unpaired) electrons. The summed E-state index contributed by atoms with van der Waals surface area (Å²) in [6.07, 6.45) is 1.12. The first-order valence-corrected chi connectivity index (χ1v) is 5.96. The van der Waals surface area contributed by atoms with Gasteiger partial charge in [-0.15, -0.1) is 0 Å². The van der Waals surface area contributed by atoms with E-state index in [1.807, 2.05) is 26.0 Å². The molecule has 2 rings (SSSR count). The molecule has 7 nitrogen and oxygen atoms in total. The molecule has 1 heterocycles. The highest BCUT2D eigenvalue weighted by molar-refractivity contribution is 5.47. The minimum absolute atomic E-state index is 0.0805. The standard InChI is InChI=1S/C13H14N4O3/c1-8-5-4-6-11(9(8)2)20-12-10(17(18)19)7-15-13(14-3)16-12/h4-7H,1-3H3,(H,14,15,16). The lowest BCUT2D eigenvalue weighted by Gasteiger charge is -2.10. The van der Waals surface area contributed by atoms with E-state index in [0.717, 1.165) is 17.3 Å². The van der Waals surface area contributed by atoms with Crippen LogP contribution in [0.5, 0.6) is 11.6 Å². The molecule has 0 spiro atoms. The van der Waals surface area contributed by atoms with Crippen LogP contribution in [0, 0.1) is 24.0 Å². The van der Waals surface area contributed by atoms with Gasteiger partial charge in [-0.05, 0) is 31.0 Å². The van der Waals surface area contributed by atoms with Crippen molar-refractivity contribution >= 4 is 11.6 Å². The van der Waals surface area contributed by atoms with Gasteiger partial charge in [-0.25, -0.2) is 4.98 Å². The van der Waals surface area contributed by atoms with Gasteiger partial charge in [-0.2, -0.15) is 4.98 Å². The van der Waals surface area contributed by atoms with Crippen molar-refractivity contribution in [3.8, 4) is 11.6 Å². The third-order valence-electron chi connectivity index (χ3n) is 2.92. The van der Waals surface area contributed by atoms with Gasteiger partial charge in [0.1, 0.15) is 11.9 Å².